The third-order valence-corrected chi connectivity index (χ3v) is 5.96. The van der Waals surface area contributed by atoms with Crippen LogP contribution in [-0.2, 0) is 21.3 Å². The van der Waals surface area contributed by atoms with Gasteiger partial charge in [-0.15, -0.1) is 24.0 Å². The van der Waals surface area contributed by atoms with Crippen LogP contribution in [0.4, 0.5) is 0 Å². The molecule has 2 aromatic rings. The molecule has 0 radical (unpaired) electrons. The van der Waals surface area contributed by atoms with Crippen LogP contribution in [-0.4, -0.2) is 54.8 Å². The average molecular weight is 577 g/mol. The van der Waals surface area contributed by atoms with E-state index in [0.717, 1.165) is 22.4 Å². The Morgan fingerprint density at radius 3 is 2.31 bits per heavy atom. The number of rotatable bonds is 11. The Labute approximate surface area is 208 Å². The fraction of sp³-hybridized carbons (Fsp3) is 0.409. The fourth-order valence-corrected chi connectivity index (χ4v) is 3.78. The maximum absolute atomic E-state index is 12.3. The molecule has 0 amide bonds. The average Bonchev–Trinajstić information content (AvgIpc) is 2.75. The summed E-state index contributed by atoms with van der Waals surface area (Å²) in [4.78, 5) is 4.43. The molecule has 0 fully saturated rings. The summed E-state index contributed by atoms with van der Waals surface area (Å²) in [5, 5.41) is 6.33. The quantitative estimate of drug-likeness (QED) is 0.165. The van der Waals surface area contributed by atoms with E-state index < -0.39 is 10.0 Å². The predicted molar refractivity (Wildman–Crippen MR) is 139 cm³/mol. The molecule has 0 saturated carbocycles. The molecule has 0 unspecified atom stereocenters. The number of nitrogens with zero attached hydrogens (tertiary/aromatic N) is 1. The molecule has 0 aliphatic heterocycles. The monoisotopic (exact) mass is 576 g/mol. The third-order valence-electron chi connectivity index (χ3n) is 4.48. The van der Waals surface area contributed by atoms with Crippen molar-refractivity contribution in [3.63, 3.8) is 0 Å². The Morgan fingerprint density at radius 2 is 1.66 bits per heavy atom. The van der Waals surface area contributed by atoms with E-state index >= 15 is 0 Å². The minimum Gasteiger partial charge on any atom is -0.491 e. The van der Waals surface area contributed by atoms with Crippen molar-refractivity contribution in [1.82, 2.24) is 15.4 Å². The Kier molecular flexibility index (Phi) is 12.6. The predicted octanol–water partition coefficient (Wildman–Crippen LogP) is 2.59. The number of nitrogens with one attached hydrogen (secondary N) is 3. The molecule has 178 valence electrons. The highest BCUT2D eigenvalue weighted by atomic mass is 127. The molecule has 0 atom stereocenters. The number of halogens is 1. The van der Waals surface area contributed by atoms with E-state index in [1.165, 1.54) is 0 Å². The Bertz CT molecular complexity index is 966. The third kappa shape index (κ3) is 9.31. The maximum atomic E-state index is 12.3. The van der Waals surface area contributed by atoms with Crippen LogP contribution in [0.25, 0.3) is 0 Å². The van der Waals surface area contributed by atoms with E-state index in [-0.39, 0.29) is 35.4 Å². The van der Waals surface area contributed by atoms with Gasteiger partial charge in [0.05, 0.1) is 11.5 Å². The van der Waals surface area contributed by atoms with Crippen LogP contribution >= 0.6 is 24.0 Å². The number of aliphatic imine (C=N–C) groups is 1. The minimum absolute atomic E-state index is 0. The highest BCUT2D eigenvalue weighted by molar-refractivity contribution is 14.0. The zero-order chi connectivity index (χ0) is 22.7. The van der Waals surface area contributed by atoms with Gasteiger partial charge in [-0.2, -0.15) is 0 Å². The van der Waals surface area contributed by atoms with Gasteiger partial charge in [0.1, 0.15) is 12.4 Å². The van der Waals surface area contributed by atoms with Gasteiger partial charge >= 0.3 is 0 Å². The number of aryl methyl sites for hydroxylation is 2. The van der Waals surface area contributed by atoms with Gasteiger partial charge in [-0.25, -0.2) is 13.1 Å². The lowest BCUT2D eigenvalue weighted by atomic mass is 10.1. The van der Waals surface area contributed by atoms with Crippen molar-refractivity contribution in [2.24, 2.45) is 4.99 Å². The van der Waals surface area contributed by atoms with Gasteiger partial charge in [0, 0.05) is 39.4 Å². The van der Waals surface area contributed by atoms with Crippen LogP contribution in [0.1, 0.15) is 16.7 Å². The summed E-state index contributed by atoms with van der Waals surface area (Å²) in [7, 11) is -0.234. The SMILES string of the molecule is CN=C(NCCNS(=O)(=O)c1ccc(C)cc1)NCc1ccc(C)cc1OCCOC.I. The van der Waals surface area contributed by atoms with Crippen molar-refractivity contribution in [3.05, 3.63) is 59.2 Å². The smallest absolute Gasteiger partial charge is 0.240 e. The molecule has 0 saturated heterocycles. The molecular weight excluding hydrogens is 543 g/mol. The maximum Gasteiger partial charge on any atom is 0.240 e. The number of methoxy groups -OCH3 is 1. The van der Waals surface area contributed by atoms with Crippen LogP contribution in [0.15, 0.2) is 52.4 Å². The zero-order valence-corrected chi connectivity index (χ0v) is 22.1. The summed E-state index contributed by atoms with van der Waals surface area (Å²) in [6, 6.07) is 12.8. The summed E-state index contributed by atoms with van der Waals surface area (Å²) >= 11 is 0. The molecule has 0 heterocycles. The number of sulfonamides is 1. The van der Waals surface area contributed by atoms with E-state index in [1.54, 1.807) is 38.4 Å². The largest absolute Gasteiger partial charge is 0.491 e. The summed E-state index contributed by atoms with van der Waals surface area (Å²) in [5.41, 5.74) is 3.11. The second kappa shape index (κ2) is 14.3. The van der Waals surface area contributed by atoms with Crippen LogP contribution in [0.5, 0.6) is 5.75 Å². The fourth-order valence-electron chi connectivity index (χ4n) is 2.74. The van der Waals surface area contributed by atoms with Gasteiger partial charge in [-0.3, -0.25) is 4.99 Å². The van der Waals surface area contributed by atoms with Crippen LogP contribution in [0.3, 0.4) is 0 Å². The molecule has 2 rings (SSSR count). The second-order valence-electron chi connectivity index (χ2n) is 7.02. The first-order chi connectivity index (χ1) is 14.9. The van der Waals surface area contributed by atoms with Crippen molar-refractivity contribution in [1.29, 1.82) is 0 Å². The summed E-state index contributed by atoms with van der Waals surface area (Å²) in [5.74, 6) is 1.36. The lowest BCUT2D eigenvalue weighted by molar-refractivity contribution is 0.145. The number of hydrogen-bond donors (Lipinski definition) is 3. The minimum atomic E-state index is -3.53. The molecule has 0 aromatic heterocycles. The first-order valence-corrected chi connectivity index (χ1v) is 11.6. The van der Waals surface area contributed by atoms with E-state index in [1.807, 2.05) is 32.0 Å². The highest BCUT2D eigenvalue weighted by Gasteiger charge is 2.12. The topological polar surface area (TPSA) is 101 Å². The van der Waals surface area contributed by atoms with Crippen LogP contribution in [0, 0.1) is 13.8 Å². The van der Waals surface area contributed by atoms with E-state index in [9.17, 15) is 8.42 Å². The molecule has 10 heteroatoms. The van der Waals surface area contributed by atoms with Gasteiger partial charge in [0.2, 0.25) is 10.0 Å². The lowest BCUT2D eigenvalue weighted by Gasteiger charge is -2.15. The number of benzene rings is 2. The van der Waals surface area contributed by atoms with Gasteiger partial charge < -0.3 is 20.1 Å². The molecule has 8 nitrogen and oxygen atoms in total. The van der Waals surface area contributed by atoms with Crippen molar-refractivity contribution >= 4 is 40.0 Å². The van der Waals surface area contributed by atoms with Crippen molar-refractivity contribution < 1.29 is 17.9 Å². The van der Waals surface area contributed by atoms with Crippen molar-refractivity contribution in [2.75, 3.05) is 40.5 Å². The summed E-state index contributed by atoms with van der Waals surface area (Å²) < 4.78 is 38.1. The first kappa shape index (κ1) is 28.1. The Balaban J connectivity index is 0.00000512. The lowest BCUT2D eigenvalue weighted by Crippen LogP contribution is -2.41. The molecule has 0 aliphatic rings. The zero-order valence-electron chi connectivity index (χ0n) is 19.0. The van der Waals surface area contributed by atoms with Gasteiger partial charge in [-0.05, 0) is 37.6 Å². The standard InChI is InChI=1S/C22H32N4O4S.HI/c1-17-6-9-20(10-7-17)31(27,28)26-12-11-24-22(23-3)25-16-19-8-5-18(2)15-21(19)30-14-13-29-4;/h5-10,15,26H,11-14,16H2,1-4H3,(H2,23,24,25);1H. The second-order valence-corrected chi connectivity index (χ2v) is 8.78. The van der Waals surface area contributed by atoms with Crippen molar-refractivity contribution in [3.8, 4) is 5.75 Å². The van der Waals surface area contributed by atoms with Crippen LogP contribution in [0.2, 0.25) is 0 Å². The van der Waals surface area contributed by atoms with E-state index in [2.05, 4.69) is 20.3 Å². The number of ether oxygens (including phenoxy) is 2. The summed E-state index contributed by atoms with van der Waals surface area (Å²) in [6.07, 6.45) is 0. The highest BCUT2D eigenvalue weighted by Crippen LogP contribution is 2.20. The van der Waals surface area contributed by atoms with Crippen molar-refractivity contribution in [2.45, 2.75) is 25.3 Å². The Morgan fingerprint density at radius 1 is 0.969 bits per heavy atom. The molecule has 0 spiro atoms. The molecule has 3 N–H and O–H groups in total. The normalized spacial score (nSPS) is 11.6. The first-order valence-electron chi connectivity index (χ1n) is 10.1. The number of guanidine groups is 1. The van der Waals surface area contributed by atoms with Gasteiger partial charge in [0.25, 0.3) is 0 Å². The number of hydrogen-bond acceptors (Lipinski definition) is 5. The molecule has 2 aromatic carbocycles. The van der Waals surface area contributed by atoms with Gasteiger partial charge in [-0.1, -0.05) is 29.8 Å². The van der Waals surface area contributed by atoms with E-state index in [4.69, 9.17) is 9.47 Å². The molecule has 0 aliphatic carbocycles. The van der Waals surface area contributed by atoms with E-state index in [0.29, 0.717) is 32.3 Å². The molecular formula is C22H33IN4O4S. The van der Waals surface area contributed by atoms with Gasteiger partial charge in [0.15, 0.2) is 5.96 Å². The summed E-state index contributed by atoms with van der Waals surface area (Å²) in [6.45, 7) is 6.04. The molecule has 0 bridgehead atoms. The van der Waals surface area contributed by atoms with Crippen LogP contribution < -0.4 is 20.1 Å². The molecule has 32 heavy (non-hydrogen) atoms. The Hall–Kier alpha value is -1.89.